The van der Waals surface area contributed by atoms with Crippen LogP contribution < -0.4 is 9.47 Å². The van der Waals surface area contributed by atoms with Crippen LogP contribution in [0.3, 0.4) is 0 Å². The molecule has 0 aliphatic carbocycles. The molecule has 1 fully saturated rings. The summed E-state index contributed by atoms with van der Waals surface area (Å²) in [4.78, 5) is 24.1. The minimum absolute atomic E-state index is 0. The van der Waals surface area contributed by atoms with E-state index in [-0.39, 0.29) is 48.1 Å². The van der Waals surface area contributed by atoms with Gasteiger partial charge in [0.1, 0.15) is 12.1 Å². The number of benzene rings is 1. The van der Waals surface area contributed by atoms with Crippen molar-refractivity contribution in [3.05, 3.63) is 17.7 Å². The fourth-order valence-electron chi connectivity index (χ4n) is 2.51. The Morgan fingerprint density at radius 3 is 2.31 bits per heavy atom. The number of ether oxygens (including phenoxy) is 3. The minimum atomic E-state index is -0.579. The molecule has 1 aliphatic heterocycles. The van der Waals surface area contributed by atoms with E-state index in [0.717, 1.165) is 25.9 Å². The smallest absolute Gasteiger partial charge is 0.313 e. The minimum Gasteiger partial charge on any atom is -0.493 e. The van der Waals surface area contributed by atoms with Crippen LogP contribution in [0.5, 0.6) is 11.5 Å². The number of carbonyl (C=O) groups is 2. The van der Waals surface area contributed by atoms with E-state index >= 15 is 0 Å². The van der Waals surface area contributed by atoms with Crippen molar-refractivity contribution in [2.24, 2.45) is 10.3 Å². The first-order valence-corrected chi connectivity index (χ1v) is 8.20. The van der Waals surface area contributed by atoms with Gasteiger partial charge in [-0.25, -0.2) is 0 Å². The Balaban J connectivity index is 0.00000338. The van der Waals surface area contributed by atoms with E-state index in [1.165, 1.54) is 20.3 Å². The second-order valence-electron chi connectivity index (χ2n) is 5.48. The number of hydrogen-bond donors (Lipinski definition) is 0. The second kappa shape index (κ2) is 11.2. The third kappa shape index (κ3) is 5.96. The number of ketones is 1. The van der Waals surface area contributed by atoms with Crippen molar-refractivity contribution >= 4 is 47.0 Å². The van der Waals surface area contributed by atoms with Crippen LogP contribution >= 0.6 is 0 Å². The summed E-state index contributed by atoms with van der Waals surface area (Å²) in [6.45, 7) is 3.58. The van der Waals surface area contributed by atoms with Gasteiger partial charge < -0.3 is 14.2 Å². The van der Waals surface area contributed by atoms with Crippen LogP contribution in [0.2, 0.25) is 0 Å². The molecule has 0 atom stereocenters. The molecule has 0 aromatic heterocycles. The molecule has 0 spiro atoms. The molecule has 1 aromatic rings. The summed E-state index contributed by atoms with van der Waals surface area (Å²) in [5.41, 5.74) is 0.576. The van der Waals surface area contributed by atoms with Gasteiger partial charge in [-0.05, 0) is 25.8 Å². The molecule has 137 valence electrons. The van der Waals surface area contributed by atoms with E-state index < -0.39 is 11.8 Å². The zero-order chi connectivity index (χ0) is 18.2. The molecular weight excluding hydrogens is 349 g/mol. The van der Waals surface area contributed by atoms with Gasteiger partial charge in [-0.2, -0.15) is 0 Å². The first-order valence-electron chi connectivity index (χ1n) is 8.20. The van der Waals surface area contributed by atoms with Gasteiger partial charge in [0.25, 0.3) is 0 Å². The monoisotopic (exact) mass is 372 g/mol. The van der Waals surface area contributed by atoms with Crippen molar-refractivity contribution in [2.75, 3.05) is 33.9 Å². The van der Waals surface area contributed by atoms with E-state index in [9.17, 15) is 9.59 Å². The number of esters is 1. The Hall–Kier alpha value is -1.64. The molecule has 0 N–H and O–H groups in total. The molecule has 1 aromatic carbocycles. The molecule has 1 heterocycles. The van der Waals surface area contributed by atoms with Crippen LogP contribution in [0.25, 0.3) is 0 Å². The van der Waals surface area contributed by atoms with Crippen molar-refractivity contribution in [2.45, 2.75) is 26.2 Å². The maximum atomic E-state index is 12.5. The molecule has 1 aliphatic rings. The summed E-state index contributed by atoms with van der Waals surface area (Å²) in [5, 5.41) is 10.2. The topological polar surface area (TPSA) is 89.8 Å². The summed E-state index contributed by atoms with van der Waals surface area (Å²) < 4.78 is 15.3. The largest absolute Gasteiger partial charge is 0.493 e. The van der Waals surface area contributed by atoms with Crippen LogP contribution in [0.4, 0.5) is 5.69 Å². The van der Waals surface area contributed by atoms with Gasteiger partial charge in [0.15, 0.2) is 17.3 Å². The normalized spacial score (nSPS) is 13.4. The van der Waals surface area contributed by atoms with Gasteiger partial charge >= 0.3 is 5.97 Å². The van der Waals surface area contributed by atoms with Crippen molar-refractivity contribution in [1.29, 1.82) is 0 Å². The van der Waals surface area contributed by atoms with E-state index in [4.69, 9.17) is 14.2 Å². The van der Waals surface area contributed by atoms with Crippen molar-refractivity contribution < 1.29 is 23.8 Å². The van der Waals surface area contributed by atoms with Crippen LogP contribution in [0, 0.1) is 0 Å². The zero-order valence-electron chi connectivity index (χ0n) is 15.8. The molecule has 1 radical (unpaired) electrons. The summed E-state index contributed by atoms with van der Waals surface area (Å²) in [5.74, 6) is -0.167. The first kappa shape index (κ1) is 22.4. The van der Waals surface area contributed by atoms with Crippen LogP contribution in [-0.2, 0) is 9.53 Å². The van der Waals surface area contributed by atoms with Crippen molar-refractivity contribution in [3.63, 3.8) is 0 Å². The molecule has 26 heavy (non-hydrogen) atoms. The Morgan fingerprint density at radius 1 is 1.12 bits per heavy atom. The molecule has 0 saturated carbocycles. The van der Waals surface area contributed by atoms with Gasteiger partial charge in [-0.1, -0.05) is 5.22 Å². The average Bonchev–Trinajstić information content (AvgIpc) is 3.12. The number of rotatable bonds is 8. The Kier molecular flexibility index (Phi) is 9.61. The second-order valence-corrected chi connectivity index (χ2v) is 5.48. The van der Waals surface area contributed by atoms with E-state index in [2.05, 4.69) is 10.3 Å². The standard InChI is InChI=1S/C17H23N3O5.Na/c1-4-25-17(22)11-14(21)12-9-15(23-2)16(24-3)10-13(12)18-19-20-7-5-6-8-20;/h9-10H,4-8,11H2,1-3H3;. The van der Waals surface area contributed by atoms with E-state index in [1.807, 2.05) is 5.01 Å². The predicted octanol–water partition coefficient (Wildman–Crippen LogP) is 2.55. The van der Waals surface area contributed by atoms with Crippen molar-refractivity contribution in [3.8, 4) is 11.5 Å². The third-order valence-corrected chi connectivity index (χ3v) is 3.77. The van der Waals surface area contributed by atoms with Crippen molar-refractivity contribution in [1.82, 2.24) is 5.01 Å². The van der Waals surface area contributed by atoms with Gasteiger partial charge in [0.05, 0.1) is 20.8 Å². The van der Waals surface area contributed by atoms with Gasteiger partial charge in [-0.3, -0.25) is 14.6 Å². The van der Waals surface area contributed by atoms with Crippen LogP contribution in [-0.4, -0.2) is 80.2 Å². The fraction of sp³-hybridized carbons (Fsp3) is 0.529. The van der Waals surface area contributed by atoms with Crippen LogP contribution in [0.15, 0.2) is 22.5 Å². The molecule has 1 saturated heterocycles. The van der Waals surface area contributed by atoms with Crippen LogP contribution in [0.1, 0.15) is 36.5 Å². The van der Waals surface area contributed by atoms with Gasteiger partial charge in [-0.15, -0.1) is 5.11 Å². The maximum Gasteiger partial charge on any atom is 0.313 e. The maximum absolute atomic E-state index is 12.5. The quantitative estimate of drug-likeness (QED) is 0.229. The molecule has 0 unspecified atom stereocenters. The fourth-order valence-corrected chi connectivity index (χ4v) is 2.51. The molecule has 0 bridgehead atoms. The number of hydrogen-bond acceptors (Lipinski definition) is 7. The molecule has 2 rings (SSSR count). The summed E-state index contributed by atoms with van der Waals surface area (Å²) in [6, 6.07) is 3.09. The third-order valence-electron chi connectivity index (χ3n) is 3.77. The average molecular weight is 372 g/mol. The van der Waals surface area contributed by atoms with Gasteiger partial charge in [0.2, 0.25) is 0 Å². The Bertz CT molecular complexity index is 660. The Morgan fingerprint density at radius 2 is 1.73 bits per heavy atom. The Labute approximate surface area is 175 Å². The molecule has 8 nitrogen and oxygen atoms in total. The zero-order valence-corrected chi connectivity index (χ0v) is 17.8. The molecule has 9 heteroatoms. The summed E-state index contributed by atoms with van der Waals surface area (Å²) >= 11 is 0. The summed E-state index contributed by atoms with van der Waals surface area (Å²) in [6.07, 6.45) is 1.77. The molecule has 0 amide bonds. The summed E-state index contributed by atoms with van der Waals surface area (Å²) in [7, 11) is 2.97. The van der Waals surface area contributed by atoms with Gasteiger partial charge in [0, 0.05) is 54.3 Å². The number of nitrogens with zero attached hydrogens (tertiary/aromatic N) is 3. The van der Waals surface area contributed by atoms with E-state index in [1.54, 1.807) is 13.0 Å². The predicted molar refractivity (Wildman–Crippen MR) is 96.2 cm³/mol. The first-order chi connectivity index (χ1) is 12.1. The number of methoxy groups -OCH3 is 2. The van der Waals surface area contributed by atoms with E-state index in [0.29, 0.717) is 17.2 Å². The number of Topliss-reactive ketones (excluding diaryl/α,β-unsaturated/α-hetero) is 1. The SMILES string of the molecule is CCOC(=O)CC(=O)c1cc(OC)c(OC)cc1N=NN1CCCC1.[Na]. The molecular formula is C17H23N3NaO5. The number of carbonyl (C=O) groups excluding carboxylic acids is 2.